The van der Waals surface area contributed by atoms with Crippen LogP contribution in [0.15, 0.2) is 11.4 Å². The van der Waals surface area contributed by atoms with Gasteiger partial charge in [0, 0.05) is 0 Å². The third kappa shape index (κ3) is 2.13. The summed E-state index contributed by atoms with van der Waals surface area (Å²) in [5, 5.41) is 2.61. The molecule has 0 saturated carbocycles. The number of nitrogens with two attached hydrogens (primary N) is 1. The predicted octanol–water partition coefficient (Wildman–Crippen LogP) is 4.06. The molecule has 2 N–H and O–H groups in total. The summed E-state index contributed by atoms with van der Waals surface area (Å²) in [5.41, 5.74) is 7.49. The number of carbonyl (C=O) groups excluding carboxylic acids is 1. The number of hydrogen-bond donors (Lipinski definition) is 1. The summed E-state index contributed by atoms with van der Waals surface area (Å²) in [7, 11) is 1.35. The molecule has 0 saturated heterocycles. The van der Waals surface area contributed by atoms with E-state index in [2.05, 4.69) is 0 Å². The lowest BCUT2D eigenvalue weighted by atomic mass is 10.1. The monoisotopic (exact) mass is 301 g/mol. The van der Waals surface area contributed by atoms with Crippen LogP contribution in [0.25, 0.3) is 9.75 Å². The van der Waals surface area contributed by atoms with Crippen molar-refractivity contribution in [1.82, 2.24) is 0 Å². The van der Waals surface area contributed by atoms with Crippen molar-refractivity contribution in [3.05, 3.63) is 26.9 Å². The second-order valence-corrected chi connectivity index (χ2v) is 5.94. The quantitative estimate of drug-likeness (QED) is 0.870. The van der Waals surface area contributed by atoms with Gasteiger partial charge in [-0.2, -0.15) is 0 Å². The van der Waals surface area contributed by atoms with Gasteiger partial charge in [0.05, 0.1) is 27.6 Å². The summed E-state index contributed by atoms with van der Waals surface area (Å²) >= 11 is 9.02. The SMILES string of the molecule is CCc1c(-c2sccc2Cl)sc(C(=O)OC)c1N. The van der Waals surface area contributed by atoms with Crippen LogP contribution in [0.1, 0.15) is 22.2 Å². The number of thiophene rings is 2. The fourth-order valence-electron chi connectivity index (χ4n) is 1.71. The van der Waals surface area contributed by atoms with Gasteiger partial charge in [0.2, 0.25) is 0 Å². The van der Waals surface area contributed by atoms with E-state index in [-0.39, 0.29) is 0 Å². The lowest BCUT2D eigenvalue weighted by Crippen LogP contribution is -2.02. The van der Waals surface area contributed by atoms with Crippen molar-refractivity contribution >= 4 is 45.9 Å². The minimum Gasteiger partial charge on any atom is -0.465 e. The maximum Gasteiger partial charge on any atom is 0.350 e. The van der Waals surface area contributed by atoms with Crippen molar-refractivity contribution in [2.75, 3.05) is 12.8 Å². The highest BCUT2D eigenvalue weighted by Crippen LogP contribution is 2.44. The Balaban J connectivity index is 2.62. The van der Waals surface area contributed by atoms with E-state index in [1.807, 2.05) is 18.4 Å². The molecule has 0 amide bonds. The summed E-state index contributed by atoms with van der Waals surface area (Å²) in [4.78, 5) is 14.0. The largest absolute Gasteiger partial charge is 0.465 e. The molecule has 3 nitrogen and oxygen atoms in total. The van der Waals surface area contributed by atoms with E-state index in [1.54, 1.807) is 11.3 Å². The van der Waals surface area contributed by atoms with Crippen molar-refractivity contribution < 1.29 is 9.53 Å². The molecule has 0 unspecified atom stereocenters. The third-order valence-corrected chi connectivity index (χ3v) is 5.33. The second-order valence-electron chi connectivity index (χ2n) is 3.60. The molecule has 0 bridgehead atoms. The van der Waals surface area contributed by atoms with Gasteiger partial charge in [-0.25, -0.2) is 4.79 Å². The van der Waals surface area contributed by atoms with E-state index >= 15 is 0 Å². The molecular weight excluding hydrogens is 290 g/mol. The zero-order valence-electron chi connectivity index (χ0n) is 9.95. The van der Waals surface area contributed by atoms with E-state index in [9.17, 15) is 4.79 Å². The smallest absolute Gasteiger partial charge is 0.350 e. The Morgan fingerprint density at radius 3 is 2.72 bits per heavy atom. The summed E-state index contributed by atoms with van der Waals surface area (Å²) in [6, 6.07) is 1.84. The van der Waals surface area contributed by atoms with E-state index in [0.717, 1.165) is 21.7 Å². The molecule has 0 radical (unpaired) electrons. The molecular formula is C12H12ClNO2S2. The Kier molecular flexibility index (Phi) is 3.94. The van der Waals surface area contributed by atoms with Crippen LogP contribution in [0, 0.1) is 0 Å². The summed E-state index contributed by atoms with van der Waals surface area (Å²) in [6.45, 7) is 2.00. The molecule has 0 aliphatic heterocycles. The van der Waals surface area contributed by atoms with Crippen LogP contribution in [0.2, 0.25) is 5.02 Å². The van der Waals surface area contributed by atoms with Gasteiger partial charge in [-0.05, 0) is 23.4 Å². The van der Waals surface area contributed by atoms with Crippen LogP contribution < -0.4 is 5.73 Å². The molecule has 0 aromatic carbocycles. The minimum atomic E-state index is -0.397. The summed E-state index contributed by atoms with van der Waals surface area (Å²) in [5.74, 6) is -0.397. The van der Waals surface area contributed by atoms with Crippen LogP contribution >= 0.6 is 34.3 Å². The van der Waals surface area contributed by atoms with Crippen LogP contribution in [0.4, 0.5) is 5.69 Å². The molecule has 2 aromatic rings. The summed E-state index contributed by atoms with van der Waals surface area (Å²) in [6.07, 6.45) is 0.753. The maximum atomic E-state index is 11.6. The molecule has 0 spiro atoms. The Labute approximate surface area is 118 Å². The van der Waals surface area contributed by atoms with E-state index in [4.69, 9.17) is 22.1 Å². The topological polar surface area (TPSA) is 52.3 Å². The van der Waals surface area contributed by atoms with Crippen LogP contribution in [-0.2, 0) is 11.2 Å². The van der Waals surface area contributed by atoms with Gasteiger partial charge in [0.1, 0.15) is 4.88 Å². The molecule has 0 aliphatic rings. The van der Waals surface area contributed by atoms with Gasteiger partial charge in [-0.1, -0.05) is 18.5 Å². The van der Waals surface area contributed by atoms with Gasteiger partial charge in [-0.15, -0.1) is 22.7 Å². The van der Waals surface area contributed by atoms with Gasteiger partial charge >= 0.3 is 5.97 Å². The highest BCUT2D eigenvalue weighted by molar-refractivity contribution is 7.23. The first-order valence-electron chi connectivity index (χ1n) is 5.32. The lowest BCUT2D eigenvalue weighted by Gasteiger charge is -2.00. The maximum absolute atomic E-state index is 11.6. The van der Waals surface area contributed by atoms with Crippen molar-refractivity contribution in [2.24, 2.45) is 0 Å². The molecule has 0 atom stereocenters. The third-order valence-electron chi connectivity index (χ3n) is 2.60. The second kappa shape index (κ2) is 5.30. The highest BCUT2D eigenvalue weighted by Gasteiger charge is 2.22. The highest BCUT2D eigenvalue weighted by atomic mass is 35.5. The Hall–Kier alpha value is -1.04. The standard InChI is InChI=1S/C12H12ClNO2S2/c1-3-6-8(14)11(12(15)16-2)18-9(6)10-7(13)4-5-17-10/h4-5H,3,14H2,1-2H3. The number of rotatable bonds is 3. The first kappa shape index (κ1) is 13.4. The van der Waals surface area contributed by atoms with Crippen molar-refractivity contribution in [3.8, 4) is 9.75 Å². The average molecular weight is 302 g/mol. The van der Waals surface area contributed by atoms with Gasteiger partial charge < -0.3 is 10.5 Å². The average Bonchev–Trinajstić information content (AvgIpc) is 2.91. The number of hydrogen-bond acceptors (Lipinski definition) is 5. The zero-order chi connectivity index (χ0) is 13.3. The minimum absolute atomic E-state index is 0.397. The van der Waals surface area contributed by atoms with Gasteiger partial charge in [0.25, 0.3) is 0 Å². The molecule has 2 rings (SSSR count). The first-order chi connectivity index (χ1) is 8.60. The van der Waals surface area contributed by atoms with E-state index in [1.165, 1.54) is 18.4 Å². The fraction of sp³-hybridized carbons (Fsp3) is 0.250. The first-order valence-corrected chi connectivity index (χ1v) is 7.40. The molecule has 18 heavy (non-hydrogen) atoms. The Bertz CT molecular complexity index is 589. The van der Waals surface area contributed by atoms with Crippen LogP contribution in [-0.4, -0.2) is 13.1 Å². The molecule has 96 valence electrons. The number of nitrogen functional groups attached to an aromatic ring is 1. The zero-order valence-corrected chi connectivity index (χ0v) is 12.3. The number of ether oxygens (including phenoxy) is 1. The van der Waals surface area contributed by atoms with Crippen LogP contribution in [0.3, 0.4) is 0 Å². The normalized spacial score (nSPS) is 10.6. The summed E-state index contributed by atoms with van der Waals surface area (Å²) < 4.78 is 4.74. The lowest BCUT2D eigenvalue weighted by molar-refractivity contribution is 0.0607. The fourth-order valence-corrected chi connectivity index (χ4v) is 4.34. The predicted molar refractivity (Wildman–Crippen MR) is 77.8 cm³/mol. The number of anilines is 1. The van der Waals surface area contributed by atoms with E-state index in [0.29, 0.717) is 15.6 Å². The Morgan fingerprint density at radius 2 is 2.22 bits per heavy atom. The molecule has 6 heteroatoms. The number of halogens is 1. The molecule has 0 aliphatic carbocycles. The molecule has 2 heterocycles. The van der Waals surface area contributed by atoms with Gasteiger partial charge in [-0.3, -0.25) is 0 Å². The number of esters is 1. The molecule has 0 fully saturated rings. The van der Waals surface area contributed by atoms with Gasteiger partial charge in [0.15, 0.2) is 0 Å². The van der Waals surface area contributed by atoms with Crippen molar-refractivity contribution in [2.45, 2.75) is 13.3 Å². The number of methoxy groups -OCH3 is 1. The van der Waals surface area contributed by atoms with E-state index < -0.39 is 5.97 Å². The molecule has 2 aromatic heterocycles. The van der Waals surface area contributed by atoms with Crippen LogP contribution in [0.5, 0.6) is 0 Å². The number of carbonyl (C=O) groups is 1. The van der Waals surface area contributed by atoms with Crippen molar-refractivity contribution in [3.63, 3.8) is 0 Å². The van der Waals surface area contributed by atoms with Crippen molar-refractivity contribution in [1.29, 1.82) is 0 Å². The Morgan fingerprint density at radius 1 is 1.50 bits per heavy atom.